The molecule has 3 rings (SSSR count). The zero-order chi connectivity index (χ0) is 23.9. The van der Waals surface area contributed by atoms with Crippen LogP contribution in [0.2, 0.25) is 0 Å². The van der Waals surface area contributed by atoms with Gasteiger partial charge < -0.3 is 9.64 Å². The van der Waals surface area contributed by atoms with E-state index in [-0.39, 0.29) is 0 Å². The first-order valence-corrected chi connectivity index (χ1v) is 11.0. The number of benzene rings is 1. The van der Waals surface area contributed by atoms with E-state index in [1.807, 2.05) is 61.9 Å². The van der Waals surface area contributed by atoms with E-state index in [2.05, 4.69) is 22.3 Å². The van der Waals surface area contributed by atoms with Gasteiger partial charge >= 0.3 is 39.0 Å². The van der Waals surface area contributed by atoms with E-state index in [1.165, 1.54) is 4.85 Å². The zero-order valence-electron chi connectivity index (χ0n) is 17.9. The van der Waals surface area contributed by atoms with Crippen LogP contribution in [-0.2, 0) is 4.74 Å². The Balaban J connectivity index is 0.000000283. The third kappa shape index (κ3) is 13.0. The molecule has 0 aliphatic carbocycles. The summed E-state index contributed by atoms with van der Waals surface area (Å²) in [5.41, 5.74) is 1.65. The molecule has 0 unspecified atom stereocenters. The molecule has 8 nitrogen and oxygen atoms in total. The van der Waals surface area contributed by atoms with Gasteiger partial charge in [-0.15, -0.1) is 5.10 Å². The second-order valence-electron chi connectivity index (χ2n) is 6.99. The number of ether oxygens (including phenoxy) is 1. The van der Waals surface area contributed by atoms with Gasteiger partial charge in [-0.1, -0.05) is 17.0 Å². The van der Waals surface area contributed by atoms with Crippen LogP contribution in [0.3, 0.4) is 0 Å². The molecule has 1 aliphatic rings. The van der Waals surface area contributed by atoms with Crippen LogP contribution in [0.25, 0.3) is 11.0 Å². The topological polar surface area (TPSA) is 58.7 Å². The summed E-state index contributed by atoms with van der Waals surface area (Å²) >= 11 is 0. The Hall–Kier alpha value is -2.18. The van der Waals surface area contributed by atoms with Gasteiger partial charge in [-0.3, -0.25) is 4.84 Å². The molecule has 0 spiro atoms. The van der Waals surface area contributed by atoms with Crippen molar-refractivity contribution in [2.75, 3.05) is 61.5 Å². The van der Waals surface area contributed by atoms with Gasteiger partial charge in [0.2, 0.25) is 0 Å². The second kappa shape index (κ2) is 9.53. The van der Waals surface area contributed by atoms with Gasteiger partial charge in [0.25, 0.3) is 0 Å². The molecule has 1 fully saturated rings. The number of fused-ring (bicyclic) bond motifs is 1. The molecule has 0 atom stereocenters. The maximum absolute atomic E-state index is 10.7. The predicted molar refractivity (Wildman–Crippen MR) is 107 cm³/mol. The first-order chi connectivity index (χ1) is 13.9. The minimum atomic E-state index is -10.7. The quantitative estimate of drug-likeness (QED) is 0.205. The van der Waals surface area contributed by atoms with Crippen LogP contribution in [0, 0.1) is 0 Å². The molecule has 1 saturated heterocycles. The fourth-order valence-electron chi connectivity index (χ4n) is 2.21. The Bertz CT molecular complexity index is 866. The molecule has 0 radical (unpaired) electrons. The number of morpholine rings is 1. The summed E-state index contributed by atoms with van der Waals surface area (Å²) in [5, 5.41) is 8.00. The number of aromatic nitrogens is 3. The Morgan fingerprint density at radius 1 is 1.06 bits per heavy atom. The van der Waals surface area contributed by atoms with Gasteiger partial charge in [-0.2, -0.15) is 0 Å². The van der Waals surface area contributed by atoms with Crippen LogP contribution in [0.15, 0.2) is 24.3 Å². The average molecular weight is 480 g/mol. The standard InChI is InChI=1S/C11H16N5O.C5H11NO.F6P/c1-14(2)11(15(3)4)17-16-10-8-6-5-7-9(10)12-13-16;1-6-2-4-7-5-3-6;1-7(2,3,4,5)6/h5-8H,1-4H3;2-5H2,1H3;/q+1;;-1. The van der Waals surface area contributed by atoms with Gasteiger partial charge in [0.1, 0.15) is 11.0 Å². The van der Waals surface area contributed by atoms with E-state index in [0.717, 1.165) is 37.3 Å². The van der Waals surface area contributed by atoms with Crippen molar-refractivity contribution in [1.29, 1.82) is 0 Å². The van der Waals surface area contributed by atoms with Crippen LogP contribution in [0.5, 0.6) is 0 Å². The monoisotopic (exact) mass is 480 g/mol. The SMILES string of the molecule is CN(C)C(On1nnc2ccccc21)=[N+](C)C.CN1CCOCC1.F[P-](F)(F)(F)(F)F. The zero-order valence-corrected chi connectivity index (χ0v) is 18.7. The molecule has 0 amide bonds. The van der Waals surface area contributed by atoms with E-state index in [4.69, 9.17) is 9.57 Å². The third-order valence-corrected chi connectivity index (χ3v) is 3.49. The molecule has 0 N–H and O–H groups in total. The summed E-state index contributed by atoms with van der Waals surface area (Å²) in [7, 11) is -0.899. The van der Waals surface area contributed by atoms with Crippen LogP contribution in [0.1, 0.15) is 0 Å². The van der Waals surface area contributed by atoms with Crippen molar-refractivity contribution in [1.82, 2.24) is 25.0 Å². The van der Waals surface area contributed by atoms with Crippen LogP contribution in [0.4, 0.5) is 25.2 Å². The molecular formula is C16H27F6N6O2P. The maximum atomic E-state index is 9.87. The molecule has 2 aromatic rings. The number of nitrogens with zero attached hydrogens (tertiary/aromatic N) is 6. The van der Waals surface area contributed by atoms with E-state index >= 15 is 0 Å². The average Bonchev–Trinajstić information content (AvgIpc) is 3.01. The van der Waals surface area contributed by atoms with Gasteiger partial charge in [-0.05, 0) is 24.4 Å². The first-order valence-electron chi connectivity index (χ1n) is 8.97. The summed E-state index contributed by atoms with van der Waals surface area (Å²) in [6.07, 6.45) is 0. The molecule has 1 aliphatic heterocycles. The fourth-order valence-corrected chi connectivity index (χ4v) is 2.21. The van der Waals surface area contributed by atoms with Crippen molar-refractivity contribution in [3.8, 4) is 0 Å². The Morgan fingerprint density at radius 3 is 2.00 bits per heavy atom. The molecule has 2 heterocycles. The van der Waals surface area contributed by atoms with Crippen molar-refractivity contribution in [2.24, 2.45) is 0 Å². The molecule has 0 saturated carbocycles. The number of hydrogen-bond donors (Lipinski definition) is 0. The molecule has 0 bridgehead atoms. The summed E-state index contributed by atoms with van der Waals surface area (Å²) in [4.78, 5) is 11.3. The summed E-state index contributed by atoms with van der Waals surface area (Å²) in [6.45, 7) is 4.02. The van der Waals surface area contributed by atoms with E-state index < -0.39 is 7.81 Å². The van der Waals surface area contributed by atoms with E-state index in [0.29, 0.717) is 6.02 Å². The van der Waals surface area contributed by atoms with E-state index in [1.54, 1.807) is 0 Å². The number of halogens is 6. The Kier molecular flexibility index (Phi) is 8.26. The Morgan fingerprint density at radius 2 is 1.58 bits per heavy atom. The Labute approximate surface area is 175 Å². The van der Waals surface area contributed by atoms with Crippen molar-refractivity contribution in [3.63, 3.8) is 0 Å². The van der Waals surface area contributed by atoms with Gasteiger partial charge in [0.15, 0.2) is 0 Å². The number of hydrogen-bond acceptors (Lipinski definition) is 5. The molecule has 180 valence electrons. The van der Waals surface area contributed by atoms with Crippen molar-refractivity contribution in [2.45, 2.75) is 0 Å². The number of amidine groups is 1. The van der Waals surface area contributed by atoms with Gasteiger partial charge in [-0.25, -0.2) is 9.48 Å². The molecular weight excluding hydrogens is 453 g/mol. The fraction of sp³-hybridized carbons (Fsp3) is 0.562. The summed E-state index contributed by atoms with van der Waals surface area (Å²) < 4.78 is 66.2. The van der Waals surface area contributed by atoms with Crippen molar-refractivity contribution < 1.29 is 39.3 Å². The van der Waals surface area contributed by atoms with E-state index in [9.17, 15) is 25.2 Å². The predicted octanol–water partition coefficient (Wildman–Crippen LogP) is 3.38. The first kappa shape index (κ1) is 26.9. The van der Waals surface area contributed by atoms with Gasteiger partial charge in [0.05, 0.1) is 41.4 Å². The number of likely N-dealkylation sites (N-methyl/N-ethyl adjacent to an activating group) is 1. The molecule has 15 heteroatoms. The van der Waals surface area contributed by atoms with Gasteiger partial charge in [0, 0.05) is 13.1 Å². The van der Waals surface area contributed by atoms with Crippen molar-refractivity contribution in [3.05, 3.63) is 24.3 Å². The van der Waals surface area contributed by atoms with Crippen LogP contribution in [-0.4, -0.2) is 97.1 Å². The number of rotatable bonds is 1. The molecule has 31 heavy (non-hydrogen) atoms. The third-order valence-electron chi connectivity index (χ3n) is 3.49. The summed E-state index contributed by atoms with van der Waals surface area (Å²) in [6, 6.07) is 8.34. The minimum absolute atomic E-state index is 0.681. The second-order valence-corrected chi connectivity index (χ2v) is 8.90. The molecule has 1 aromatic carbocycles. The summed E-state index contributed by atoms with van der Waals surface area (Å²) in [5.74, 6) is 0. The van der Waals surface area contributed by atoms with Crippen LogP contribution < -0.4 is 4.84 Å². The van der Waals surface area contributed by atoms with Crippen LogP contribution >= 0.6 is 7.81 Å². The molecule has 1 aromatic heterocycles. The normalized spacial score (nSPS) is 16.6. The van der Waals surface area contributed by atoms with Crippen molar-refractivity contribution >= 4 is 24.9 Å². The number of para-hydroxylation sites is 1.